The van der Waals surface area contributed by atoms with Gasteiger partial charge in [0.15, 0.2) is 5.65 Å². The fraction of sp³-hybridized carbons (Fsp3) is 0.421. The molecule has 0 bridgehead atoms. The predicted octanol–water partition coefficient (Wildman–Crippen LogP) is 2.27. The van der Waals surface area contributed by atoms with E-state index in [4.69, 9.17) is 4.98 Å². The lowest BCUT2D eigenvalue weighted by molar-refractivity contribution is 0.523. The van der Waals surface area contributed by atoms with Crippen molar-refractivity contribution in [3.63, 3.8) is 0 Å². The lowest BCUT2D eigenvalue weighted by atomic mass is 10.0. The molecule has 1 saturated heterocycles. The molecule has 8 nitrogen and oxygen atoms in total. The molecule has 140 valence electrons. The summed E-state index contributed by atoms with van der Waals surface area (Å²) >= 11 is 0. The van der Waals surface area contributed by atoms with Gasteiger partial charge in [0.05, 0.1) is 5.39 Å². The number of aromatic nitrogens is 5. The largest absolute Gasteiger partial charge is 0.367 e. The number of rotatable bonds is 4. The zero-order valence-corrected chi connectivity index (χ0v) is 15.9. The summed E-state index contributed by atoms with van der Waals surface area (Å²) in [5, 5.41) is 4.56. The van der Waals surface area contributed by atoms with Gasteiger partial charge < -0.3 is 15.1 Å². The lowest BCUT2D eigenvalue weighted by Crippen LogP contribution is -2.40. The van der Waals surface area contributed by atoms with Gasteiger partial charge in [0.2, 0.25) is 0 Å². The second kappa shape index (κ2) is 7.30. The topological polar surface area (TPSA) is 83.0 Å². The Morgan fingerprint density at radius 1 is 1.11 bits per heavy atom. The Morgan fingerprint density at radius 3 is 2.70 bits per heavy atom. The van der Waals surface area contributed by atoms with E-state index in [1.54, 1.807) is 12.5 Å². The molecule has 3 aromatic heterocycles. The van der Waals surface area contributed by atoms with E-state index in [0.29, 0.717) is 6.04 Å². The molecule has 0 saturated carbocycles. The number of aryl methyl sites for hydroxylation is 1. The molecule has 1 aliphatic rings. The minimum atomic E-state index is 0.387. The van der Waals surface area contributed by atoms with Gasteiger partial charge in [0.25, 0.3) is 0 Å². The zero-order valence-electron chi connectivity index (χ0n) is 15.9. The van der Waals surface area contributed by atoms with Crippen molar-refractivity contribution >= 4 is 28.5 Å². The molecule has 0 spiro atoms. The predicted molar refractivity (Wildman–Crippen MR) is 107 cm³/mol. The van der Waals surface area contributed by atoms with Gasteiger partial charge in [-0.15, -0.1) is 0 Å². The Balaban J connectivity index is 1.46. The molecule has 8 heteroatoms. The minimum absolute atomic E-state index is 0.387. The molecule has 4 rings (SSSR count). The number of nitrogens with one attached hydrogen (secondary N) is 1. The van der Waals surface area contributed by atoms with E-state index in [0.717, 1.165) is 60.2 Å². The van der Waals surface area contributed by atoms with Crippen molar-refractivity contribution in [3.05, 3.63) is 36.5 Å². The maximum absolute atomic E-state index is 4.69. The number of pyridine rings is 1. The Bertz CT molecular complexity index is 934. The van der Waals surface area contributed by atoms with E-state index < -0.39 is 0 Å². The summed E-state index contributed by atoms with van der Waals surface area (Å²) in [4.78, 5) is 26.5. The highest BCUT2D eigenvalue weighted by molar-refractivity contribution is 5.86. The first-order valence-electron chi connectivity index (χ1n) is 9.20. The van der Waals surface area contributed by atoms with Crippen LogP contribution in [0, 0.1) is 6.92 Å². The zero-order chi connectivity index (χ0) is 18.8. The average molecular weight is 364 g/mol. The first-order valence-corrected chi connectivity index (χ1v) is 9.20. The van der Waals surface area contributed by atoms with Crippen molar-refractivity contribution in [2.45, 2.75) is 25.8 Å². The number of hydrogen-bond acceptors (Lipinski definition) is 8. The molecule has 27 heavy (non-hydrogen) atoms. The highest BCUT2D eigenvalue weighted by Crippen LogP contribution is 2.26. The third kappa shape index (κ3) is 3.74. The van der Waals surface area contributed by atoms with E-state index >= 15 is 0 Å². The number of nitrogens with zero attached hydrogens (tertiary/aromatic N) is 7. The van der Waals surface area contributed by atoms with Gasteiger partial charge in [-0.05, 0) is 31.9 Å². The Morgan fingerprint density at radius 2 is 1.93 bits per heavy atom. The Labute approximate surface area is 158 Å². The van der Waals surface area contributed by atoms with Gasteiger partial charge in [-0.1, -0.05) is 0 Å². The van der Waals surface area contributed by atoms with Crippen LogP contribution < -0.4 is 15.1 Å². The van der Waals surface area contributed by atoms with Crippen molar-refractivity contribution in [2.24, 2.45) is 0 Å². The maximum Gasteiger partial charge on any atom is 0.164 e. The fourth-order valence-corrected chi connectivity index (χ4v) is 3.41. The molecule has 4 heterocycles. The summed E-state index contributed by atoms with van der Waals surface area (Å²) in [6.07, 6.45) is 5.42. The number of piperidine rings is 1. The summed E-state index contributed by atoms with van der Waals surface area (Å²) in [6.45, 7) is 3.79. The minimum Gasteiger partial charge on any atom is -0.367 e. The Kier molecular flexibility index (Phi) is 4.70. The van der Waals surface area contributed by atoms with Crippen LogP contribution in [0.15, 0.2) is 30.7 Å². The molecular weight excluding hydrogens is 340 g/mol. The molecule has 0 aliphatic carbocycles. The molecule has 0 unspecified atom stereocenters. The van der Waals surface area contributed by atoms with Crippen molar-refractivity contribution in [3.8, 4) is 0 Å². The molecular formula is C19H24N8. The molecule has 3 aromatic rings. The average Bonchev–Trinajstić information content (AvgIpc) is 2.68. The first kappa shape index (κ1) is 17.4. The number of hydrogen-bond donors (Lipinski definition) is 1. The lowest BCUT2D eigenvalue weighted by Gasteiger charge is -2.34. The molecule has 0 aromatic carbocycles. The molecule has 1 fully saturated rings. The third-order valence-electron chi connectivity index (χ3n) is 4.82. The van der Waals surface area contributed by atoms with Crippen LogP contribution in [0.4, 0.5) is 17.5 Å². The van der Waals surface area contributed by atoms with Crippen molar-refractivity contribution in [1.82, 2.24) is 24.9 Å². The standard InChI is InChI=1S/C19H24N8/c1-13-23-18-15(5-4-8-20-18)19(24-13)27-9-6-14(7-10-27)25-16-11-17(26(2)3)22-12-21-16/h4-5,8,11-12,14H,6-7,9-10H2,1-3H3,(H,21,22,25). The number of anilines is 3. The summed E-state index contributed by atoms with van der Waals surface area (Å²) in [5.74, 6) is 3.52. The summed E-state index contributed by atoms with van der Waals surface area (Å²) in [7, 11) is 3.96. The van der Waals surface area contributed by atoms with Crippen molar-refractivity contribution in [1.29, 1.82) is 0 Å². The quantitative estimate of drug-likeness (QED) is 0.755. The summed E-state index contributed by atoms with van der Waals surface area (Å²) in [6, 6.07) is 6.36. The maximum atomic E-state index is 4.69. The highest BCUT2D eigenvalue weighted by atomic mass is 15.2. The van der Waals surface area contributed by atoms with Crippen LogP contribution in [0.2, 0.25) is 0 Å². The van der Waals surface area contributed by atoms with Crippen LogP contribution in [0.25, 0.3) is 11.0 Å². The van der Waals surface area contributed by atoms with Gasteiger partial charge in [-0.3, -0.25) is 0 Å². The smallest absolute Gasteiger partial charge is 0.164 e. The number of fused-ring (bicyclic) bond motifs is 1. The SMILES string of the molecule is Cc1nc(N2CCC(Nc3cc(N(C)C)ncn3)CC2)c2cccnc2n1. The second-order valence-electron chi connectivity index (χ2n) is 7.03. The van der Waals surface area contributed by atoms with Crippen LogP contribution in [0.5, 0.6) is 0 Å². The summed E-state index contributed by atoms with van der Waals surface area (Å²) < 4.78 is 0. The third-order valence-corrected chi connectivity index (χ3v) is 4.82. The van der Waals surface area contributed by atoms with E-state index in [1.165, 1.54) is 0 Å². The van der Waals surface area contributed by atoms with Crippen LogP contribution in [-0.4, -0.2) is 58.1 Å². The van der Waals surface area contributed by atoms with E-state index in [2.05, 4.69) is 30.2 Å². The van der Waals surface area contributed by atoms with Gasteiger partial charge in [0.1, 0.15) is 29.6 Å². The molecule has 1 aliphatic heterocycles. The van der Waals surface area contributed by atoms with Gasteiger partial charge >= 0.3 is 0 Å². The monoisotopic (exact) mass is 364 g/mol. The van der Waals surface area contributed by atoms with Crippen LogP contribution in [0.1, 0.15) is 18.7 Å². The van der Waals surface area contributed by atoms with Gasteiger partial charge in [-0.25, -0.2) is 24.9 Å². The van der Waals surface area contributed by atoms with Crippen LogP contribution in [0.3, 0.4) is 0 Å². The Hall–Kier alpha value is -3.03. The van der Waals surface area contributed by atoms with Gasteiger partial charge in [-0.2, -0.15) is 0 Å². The van der Waals surface area contributed by atoms with Gasteiger partial charge in [0, 0.05) is 45.5 Å². The summed E-state index contributed by atoms with van der Waals surface area (Å²) in [5.41, 5.74) is 0.762. The van der Waals surface area contributed by atoms with Crippen LogP contribution >= 0.6 is 0 Å². The van der Waals surface area contributed by atoms with Crippen LogP contribution in [-0.2, 0) is 0 Å². The van der Waals surface area contributed by atoms with E-state index in [9.17, 15) is 0 Å². The van der Waals surface area contributed by atoms with Crippen molar-refractivity contribution in [2.75, 3.05) is 42.3 Å². The molecule has 0 atom stereocenters. The van der Waals surface area contributed by atoms with E-state index in [1.807, 2.05) is 44.1 Å². The molecule has 0 amide bonds. The van der Waals surface area contributed by atoms with E-state index in [-0.39, 0.29) is 0 Å². The molecule has 1 N–H and O–H groups in total. The second-order valence-corrected chi connectivity index (χ2v) is 7.03. The first-order chi connectivity index (χ1) is 13.1. The van der Waals surface area contributed by atoms with Crippen molar-refractivity contribution < 1.29 is 0 Å². The molecule has 0 radical (unpaired) electrons. The normalized spacial score (nSPS) is 15.1. The fourth-order valence-electron chi connectivity index (χ4n) is 3.41. The highest BCUT2D eigenvalue weighted by Gasteiger charge is 2.22.